The van der Waals surface area contributed by atoms with Crippen LogP contribution >= 0.6 is 11.8 Å². The van der Waals surface area contributed by atoms with E-state index in [4.69, 9.17) is 13.9 Å². The minimum atomic E-state index is -4.40. The van der Waals surface area contributed by atoms with Crippen molar-refractivity contribution in [2.75, 3.05) is 26.3 Å². The highest BCUT2D eigenvalue weighted by molar-refractivity contribution is 7.98. The summed E-state index contributed by atoms with van der Waals surface area (Å²) < 4.78 is 55.7. The van der Waals surface area contributed by atoms with E-state index in [1.807, 2.05) is 24.3 Å². The van der Waals surface area contributed by atoms with Crippen LogP contribution in [0.1, 0.15) is 22.5 Å². The first kappa shape index (κ1) is 26.3. The average molecular weight is 543 g/mol. The van der Waals surface area contributed by atoms with Crippen molar-refractivity contribution in [3.63, 3.8) is 0 Å². The number of fused-ring (bicyclic) bond motifs is 1. The molecule has 0 radical (unpaired) electrons. The summed E-state index contributed by atoms with van der Waals surface area (Å²) in [4.78, 5) is 19.6. The van der Waals surface area contributed by atoms with E-state index >= 15 is 0 Å². The van der Waals surface area contributed by atoms with E-state index in [1.54, 1.807) is 6.07 Å². The monoisotopic (exact) mass is 542 g/mol. The Morgan fingerprint density at radius 2 is 1.76 bits per heavy atom. The van der Waals surface area contributed by atoms with E-state index in [2.05, 4.69) is 9.88 Å². The number of benzene rings is 2. The number of ether oxygens (including phenoxy) is 2. The zero-order valence-electron chi connectivity index (χ0n) is 20.4. The molecule has 0 N–H and O–H groups in total. The van der Waals surface area contributed by atoms with Crippen molar-refractivity contribution >= 4 is 22.7 Å². The molecule has 4 aromatic rings. The Morgan fingerprint density at radius 3 is 2.50 bits per heavy atom. The average Bonchev–Trinajstić information content (AvgIpc) is 2.92. The molecule has 2 aromatic carbocycles. The lowest BCUT2D eigenvalue weighted by molar-refractivity contribution is -0.137. The molecule has 198 valence electrons. The van der Waals surface area contributed by atoms with Crippen LogP contribution in [-0.4, -0.2) is 36.2 Å². The van der Waals surface area contributed by atoms with Gasteiger partial charge in [0.25, 0.3) is 0 Å². The van der Waals surface area contributed by atoms with E-state index in [-0.39, 0.29) is 17.8 Å². The van der Waals surface area contributed by atoms with Crippen LogP contribution in [0.15, 0.2) is 81.2 Å². The second-order valence-electron chi connectivity index (χ2n) is 8.90. The molecular formula is C28H25F3N2O4S. The maximum absolute atomic E-state index is 13.0. The van der Waals surface area contributed by atoms with Crippen LogP contribution in [0.25, 0.3) is 10.9 Å². The van der Waals surface area contributed by atoms with Crippen LogP contribution in [0.4, 0.5) is 13.2 Å². The predicted octanol–water partition coefficient (Wildman–Crippen LogP) is 5.91. The topological polar surface area (TPSA) is 64.8 Å². The van der Waals surface area contributed by atoms with Gasteiger partial charge in [0.05, 0.1) is 30.8 Å². The third kappa shape index (κ3) is 6.56. The summed E-state index contributed by atoms with van der Waals surface area (Å²) in [6.07, 6.45) is -1.52. The number of nitrogens with zero attached hydrogens (tertiary/aromatic N) is 2. The van der Waals surface area contributed by atoms with Crippen molar-refractivity contribution in [2.45, 2.75) is 30.0 Å². The van der Waals surface area contributed by atoms with Crippen molar-refractivity contribution in [3.05, 3.63) is 99.7 Å². The van der Waals surface area contributed by atoms with Gasteiger partial charge in [-0.05, 0) is 29.3 Å². The first-order valence-corrected chi connectivity index (χ1v) is 13.0. The second-order valence-corrected chi connectivity index (χ2v) is 9.91. The van der Waals surface area contributed by atoms with Crippen molar-refractivity contribution < 1.29 is 27.1 Å². The van der Waals surface area contributed by atoms with Gasteiger partial charge in [-0.25, -0.2) is 0 Å². The number of halogens is 3. The summed E-state index contributed by atoms with van der Waals surface area (Å²) >= 11 is 1.53. The molecule has 0 amide bonds. The van der Waals surface area contributed by atoms with E-state index in [1.165, 1.54) is 36.4 Å². The number of hydrogen-bond acceptors (Lipinski definition) is 7. The Bertz CT molecular complexity index is 1450. The molecular weight excluding hydrogens is 517 g/mol. The van der Waals surface area contributed by atoms with Crippen LogP contribution in [-0.2, 0) is 29.8 Å². The SMILES string of the molecule is O=c1cc(CN2CCOCC2)occ1OCc1ccc(CSc2ccnc3cc(C(F)(F)F)ccc23)cc1. The van der Waals surface area contributed by atoms with Gasteiger partial charge in [0, 0.05) is 41.4 Å². The highest BCUT2D eigenvalue weighted by Crippen LogP contribution is 2.34. The number of pyridine rings is 1. The Morgan fingerprint density at radius 1 is 1.00 bits per heavy atom. The fourth-order valence-electron chi connectivity index (χ4n) is 4.08. The molecule has 0 spiro atoms. The number of rotatable bonds is 8. The maximum atomic E-state index is 13.0. The fraction of sp³-hybridized carbons (Fsp3) is 0.286. The first-order chi connectivity index (χ1) is 18.3. The zero-order chi connectivity index (χ0) is 26.5. The molecule has 38 heavy (non-hydrogen) atoms. The summed E-state index contributed by atoms with van der Waals surface area (Å²) in [6.45, 7) is 3.74. The number of aromatic nitrogens is 1. The van der Waals surface area contributed by atoms with Gasteiger partial charge in [0.1, 0.15) is 18.6 Å². The van der Waals surface area contributed by atoms with Crippen molar-refractivity contribution in [3.8, 4) is 5.75 Å². The van der Waals surface area contributed by atoms with Gasteiger partial charge in [0.15, 0.2) is 0 Å². The van der Waals surface area contributed by atoms with E-state index in [0.717, 1.165) is 41.2 Å². The van der Waals surface area contributed by atoms with Gasteiger partial charge in [-0.1, -0.05) is 30.3 Å². The molecule has 10 heteroatoms. The predicted molar refractivity (Wildman–Crippen MR) is 138 cm³/mol. The third-order valence-corrected chi connectivity index (χ3v) is 7.32. The number of thioether (sulfide) groups is 1. The summed E-state index contributed by atoms with van der Waals surface area (Å²) in [7, 11) is 0. The Kier molecular flexibility index (Phi) is 8.01. The number of alkyl halides is 3. The zero-order valence-corrected chi connectivity index (χ0v) is 21.2. The summed E-state index contributed by atoms with van der Waals surface area (Å²) in [5, 5.41) is 0.685. The normalized spacial score (nSPS) is 14.6. The van der Waals surface area contributed by atoms with E-state index in [9.17, 15) is 18.0 Å². The van der Waals surface area contributed by atoms with Crippen LogP contribution in [0, 0.1) is 0 Å². The Labute approximate surface area is 221 Å². The van der Waals surface area contributed by atoms with Gasteiger partial charge in [-0.15, -0.1) is 11.8 Å². The molecule has 0 saturated carbocycles. The molecule has 0 aliphatic carbocycles. The molecule has 0 bridgehead atoms. The van der Waals surface area contributed by atoms with E-state index < -0.39 is 11.7 Å². The maximum Gasteiger partial charge on any atom is 0.416 e. The lowest BCUT2D eigenvalue weighted by atomic mass is 10.1. The minimum Gasteiger partial charge on any atom is -0.482 e. The van der Waals surface area contributed by atoms with Gasteiger partial charge < -0.3 is 13.9 Å². The molecule has 1 aliphatic rings. The molecule has 1 fully saturated rings. The second kappa shape index (κ2) is 11.6. The van der Waals surface area contributed by atoms with E-state index in [0.29, 0.717) is 42.2 Å². The van der Waals surface area contributed by atoms with Crippen molar-refractivity contribution in [2.24, 2.45) is 0 Å². The highest BCUT2D eigenvalue weighted by Gasteiger charge is 2.30. The minimum absolute atomic E-state index is 0.161. The quantitative estimate of drug-likeness (QED) is 0.257. The largest absolute Gasteiger partial charge is 0.482 e. The smallest absolute Gasteiger partial charge is 0.416 e. The molecule has 0 unspecified atom stereocenters. The Hall–Kier alpha value is -3.34. The van der Waals surface area contributed by atoms with Crippen LogP contribution < -0.4 is 10.2 Å². The van der Waals surface area contributed by atoms with Gasteiger partial charge in [0.2, 0.25) is 11.2 Å². The fourth-order valence-corrected chi connectivity index (χ4v) is 5.08. The molecule has 5 rings (SSSR count). The van der Waals surface area contributed by atoms with Gasteiger partial charge in [-0.2, -0.15) is 13.2 Å². The number of morpholine rings is 1. The third-order valence-electron chi connectivity index (χ3n) is 6.18. The lowest BCUT2D eigenvalue weighted by Gasteiger charge is -2.25. The van der Waals surface area contributed by atoms with Gasteiger partial charge >= 0.3 is 6.18 Å². The van der Waals surface area contributed by atoms with Crippen LogP contribution in [0.5, 0.6) is 5.75 Å². The number of hydrogen-bond donors (Lipinski definition) is 0. The summed E-state index contributed by atoms with van der Waals surface area (Å²) in [5.41, 5.74) is 1.32. The first-order valence-electron chi connectivity index (χ1n) is 12.1. The lowest BCUT2D eigenvalue weighted by Crippen LogP contribution is -2.35. The van der Waals surface area contributed by atoms with Crippen LogP contribution in [0.3, 0.4) is 0 Å². The molecule has 3 heterocycles. The molecule has 6 nitrogen and oxygen atoms in total. The Balaban J connectivity index is 1.16. The standard InChI is InChI=1S/C28H25F3N2O4S/c29-28(30,31)21-5-6-23-24(13-21)32-8-7-27(23)38-18-20-3-1-19(2-4-20)16-37-26-17-36-22(14-25(26)34)15-33-9-11-35-12-10-33/h1-8,13-14,17H,9-12,15-16,18H2. The molecule has 2 aromatic heterocycles. The van der Waals surface area contributed by atoms with Gasteiger partial charge in [-0.3, -0.25) is 14.7 Å². The van der Waals surface area contributed by atoms with Crippen molar-refractivity contribution in [1.29, 1.82) is 0 Å². The molecule has 1 saturated heterocycles. The highest BCUT2D eigenvalue weighted by atomic mass is 32.2. The molecule has 1 aliphatic heterocycles. The van der Waals surface area contributed by atoms with Crippen molar-refractivity contribution in [1.82, 2.24) is 9.88 Å². The van der Waals surface area contributed by atoms with Crippen LogP contribution in [0.2, 0.25) is 0 Å². The summed E-state index contributed by atoms with van der Waals surface area (Å²) in [5.74, 6) is 1.39. The molecule has 0 atom stereocenters. The summed E-state index contributed by atoms with van der Waals surface area (Å²) in [6, 6.07) is 14.7.